The van der Waals surface area contributed by atoms with E-state index in [4.69, 9.17) is 4.99 Å². The summed E-state index contributed by atoms with van der Waals surface area (Å²) in [5.41, 5.74) is 3.84. The molecule has 0 N–H and O–H groups in total. The van der Waals surface area contributed by atoms with E-state index in [1.807, 2.05) is 6.07 Å². The van der Waals surface area contributed by atoms with Crippen LogP contribution in [-0.4, -0.2) is 6.21 Å². The highest BCUT2D eigenvalue weighted by Crippen LogP contribution is 2.28. The van der Waals surface area contributed by atoms with Crippen LogP contribution in [0, 0.1) is 6.92 Å². The Balaban J connectivity index is 2.38. The predicted octanol–water partition coefficient (Wildman–Crippen LogP) is 4.96. The molecule has 0 spiro atoms. The van der Waals surface area contributed by atoms with Crippen LogP contribution >= 0.6 is 0 Å². The number of nitrogens with zero attached hydrogens (tertiary/aromatic N) is 1. The van der Waals surface area contributed by atoms with Crippen molar-refractivity contribution in [1.82, 2.24) is 0 Å². The van der Waals surface area contributed by atoms with Crippen molar-refractivity contribution < 1.29 is 0 Å². The number of benzene rings is 2. The van der Waals surface area contributed by atoms with Crippen molar-refractivity contribution >= 4 is 6.21 Å². The largest absolute Gasteiger partial charge is 0.285 e. The van der Waals surface area contributed by atoms with Gasteiger partial charge < -0.3 is 0 Å². The van der Waals surface area contributed by atoms with Crippen LogP contribution in [0.4, 0.5) is 0 Å². The van der Waals surface area contributed by atoms with Crippen molar-refractivity contribution in [3.05, 3.63) is 71.3 Å². The van der Waals surface area contributed by atoms with Crippen molar-refractivity contribution in [2.45, 2.75) is 32.7 Å². The Morgan fingerprint density at radius 1 is 1.00 bits per heavy atom. The molecule has 0 bridgehead atoms. The van der Waals surface area contributed by atoms with E-state index in [2.05, 4.69) is 68.6 Å². The van der Waals surface area contributed by atoms with Crippen LogP contribution in [0.2, 0.25) is 0 Å². The third-order valence-electron chi connectivity index (χ3n) is 3.27. The van der Waals surface area contributed by atoms with Crippen LogP contribution in [0.5, 0.6) is 0 Å². The van der Waals surface area contributed by atoms with Gasteiger partial charge in [-0.2, -0.15) is 0 Å². The summed E-state index contributed by atoms with van der Waals surface area (Å²) in [6.07, 6.45) is 4.23. The molecule has 0 fully saturated rings. The van der Waals surface area contributed by atoms with Crippen LogP contribution in [0.1, 0.15) is 42.5 Å². The van der Waals surface area contributed by atoms with Crippen LogP contribution in [0.25, 0.3) is 0 Å². The molecular weight excluding hydrogens is 230 g/mol. The minimum Gasteiger partial charge on any atom is -0.285 e. The van der Waals surface area contributed by atoms with Gasteiger partial charge in [0.1, 0.15) is 0 Å². The van der Waals surface area contributed by atoms with Crippen LogP contribution in [-0.2, 0) is 0 Å². The van der Waals surface area contributed by atoms with Gasteiger partial charge in [-0.05, 0) is 36.2 Å². The molecule has 1 heteroatoms. The second-order valence-electron chi connectivity index (χ2n) is 4.79. The van der Waals surface area contributed by atoms with E-state index in [0.717, 1.165) is 12.8 Å². The summed E-state index contributed by atoms with van der Waals surface area (Å²) in [7, 11) is 0. The van der Waals surface area contributed by atoms with E-state index in [0.29, 0.717) is 0 Å². The smallest absolute Gasteiger partial charge is 0.0998 e. The summed E-state index contributed by atoms with van der Waals surface area (Å²) in [4.78, 5) is 4.79. The SMILES string of the molecule is CCCC=NC(c1ccccc1)c1ccccc1C. The highest BCUT2D eigenvalue weighted by atomic mass is 14.8. The molecule has 19 heavy (non-hydrogen) atoms. The lowest BCUT2D eigenvalue weighted by molar-refractivity contribution is 0.857. The number of aryl methyl sites for hydroxylation is 1. The van der Waals surface area contributed by atoms with E-state index in [1.54, 1.807) is 0 Å². The average molecular weight is 251 g/mol. The summed E-state index contributed by atoms with van der Waals surface area (Å²) >= 11 is 0. The first-order valence-corrected chi connectivity index (χ1v) is 6.95. The molecule has 0 heterocycles. The Bertz CT molecular complexity index is 528. The van der Waals surface area contributed by atoms with Gasteiger partial charge >= 0.3 is 0 Å². The monoisotopic (exact) mass is 251 g/mol. The summed E-state index contributed by atoms with van der Waals surface area (Å²) in [5.74, 6) is 0. The predicted molar refractivity (Wildman–Crippen MR) is 82.9 cm³/mol. The zero-order valence-electron chi connectivity index (χ0n) is 11.7. The lowest BCUT2D eigenvalue weighted by Crippen LogP contribution is -2.01. The van der Waals surface area contributed by atoms with Gasteiger partial charge in [-0.1, -0.05) is 67.9 Å². The molecule has 2 aromatic carbocycles. The number of hydrogen-bond donors (Lipinski definition) is 0. The molecule has 0 saturated carbocycles. The molecule has 2 aromatic rings. The molecule has 0 aromatic heterocycles. The number of unbranched alkanes of at least 4 members (excludes halogenated alkanes) is 1. The first-order chi connectivity index (χ1) is 9.33. The van der Waals surface area contributed by atoms with Gasteiger partial charge in [-0.15, -0.1) is 0 Å². The van der Waals surface area contributed by atoms with E-state index in [-0.39, 0.29) is 6.04 Å². The normalized spacial score (nSPS) is 12.7. The molecular formula is C18H21N. The Hall–Kier alpha value is -1.89. The van der Waals surface area contributed by atoms with Crippen molar-refractivity contribution in [3.63, 3.8) is 0 Å². The highest BCUT2D eigenvalue weighted by Gasteiger charge is 2.13. The zero-order chi connectivity index (χ0) is 13.5. The van der Waals surface area contributed by atoms with Crippen LogP contribution in [0.3, 0.4) is 0 Å². The molecule has 0 radical (unpaired) electrons. The Kier molecular flexibility index (Phi) is 4.91. The standard InChI is InChI=1S/C18H21N/c1-3-4-14-19-18(16-11-6-5-7-12-16)17-13-9-8-10-15(17)2/h5-14,18H,3-4H2,1-2H3. The summed E-state index contributed by atoms with van der Waals surface area (Å²) in [5, 5.41) is 0. The van der Waals surface area contributed by atoms with Gasteiger partial charge in [0.15, 0.2) is 0 Å². The fourth-order valence-corrected chi connectivity index (χ4v) is 2.18. The maximum atomic E-state index is 4.79. The second-order valence-corrected chi connectivity index (χ2v) is 4.79. The molecule has 0 aliphatic carbocycles. The zero-order valence-corrected chi connectivity index (χ0v) is 11.7. The first kappa shape index (κ1) is 13.5. The average Bonchev–Trinajstić information content (AvgIpc) is 2.46. The topological polar surface area (TPSA) is 12.4 Å². The van der Waals surface area contributed by atoms with Gasteiger partial charge in [-0.3, -0.25) is 4.99 Å². The van der Waals surface area contributed by atoms with E-state index >= 15 is 0 Å². The molecule has 0 aliphatic heterocycles. The van der Waals surface area contributed by atoms with Gasteiger partial charge in [0.2, 0.25) is 0 Å². The molecule has 1 nitrogen and oxygen atoms in total. The molecule has 0 amide bonds. The third-order valence-corrected chi connectivity index (χ3v) is 3.27. The van der Waals surface area contributed by atoms with Gasteiger partial charge in [-0.25, -0.2) is 0 Å². The number of rotatable bonds is 5. The third kappa shape index (κ3) is 3.54. The van der Waals surface area contributed by atoms with Crippen LogP contribution < -0.4 is 0 Å². The van der Waals surface area contributed by atoms with Gasteiger partial charge in [0.25, 0.3) is 0 Å². The van der Waals surface area contributed by atoms with Crippen molar-refractivity contribution in [3.8, 4) is 0 Å². The maximum Gasteiger partial charge on any atom is 0.0998 e. The van der Waals surface area contributed by atoms with Crippen molar-refractivity contribution in [2.24, 2.45) is 4.99 Å². The maximum absolute atomic E-state index is 4.79. The molecule has 2 rings (SSSR count). The van der Waals surface area contributed by atoms with Gasteiger partial charge in [0, 0.05) is 0 Å². The first-order valence-electron chi connectivity index (χ1n) is 6.95. The lowest BCUT2D eigenvalue weighted by atomic mass is 9.95. The molecule has 0 saturated heterocycles. The van der Waals surface area contributed by atoms with Crippen LogP contribution in [0.15, 0.2) is 59.6 Å². The Morgan fingerprint density at radius 3 is 2.37 bits per heavy atom. The Labute approximate surface area is 116 Å². The molecule has 1 atom stereocenters. The fourth-order valence-electron chi connectivity index (χ4n) is 2.18. The van der Waals surface area contributed by atoms with E-state index < -0.39 is 0 Å². The van der Waals surface area contributed by atoms with Crippen molar-refractivity contribution in [2.75, 3.05) is 0 Å². The minimum absolute atomic E-state index is 0.119. The fraction of sp³-hybridized carbons (Fsp3) is 0.278. The number of aliphatic imine (C=N–C) groups is 1. The second kappa shape index (κ2) is 6.89. The summed E-state index contributed by atoms with van der Waals surface area (Å²) in [6, 6.07) is 19.1. The molecule has 1 unspecified atom stereocenters. The number of hydrogen-bond acceptors (Lipinski definition) is 1. The highest BCUT2D eigenvalue weighted by molar-refractivity contribution is 5.58. The van der Waals surface area contributed by atoms with Gasteiger partial charge in [0.05, 0.1) is 6.04 Å². The molecule has 0 aliphatic rings. The molecule has 98 valence electrons. The van der Waals surface area contributed by atoms with E-state index in [1.165, 1.54) is 16.7 Å². The quantitative estimate of drug-likeness (QED) is 0.666. The van der Waals surface area contributed by atoms with E-state index in [9.17, 15) is 0 Å². The minimum atomic E-state index is 0.119. The lowest BCUT2D eigenvalue weighted by Gasteiger charge is -2.16. The van der Waals surface area contributed by atoms with Crippen molar-refractivity contribution in [1.29, 1.82) is 0 Å². The summed E-state index contributed by atoms with van der Waals surface area (Å²) < 4.78 is 0. The summed E-state index contributed by atoms with van der Waals surface area (Å²) in [6.45, 7) is 4.33. The Morgan fingerprint density at radius 2 is 1.68 bits per heavy atom.